The summed E-state index contributed by atoms with van der Waals surface area (Å²) in [5.41, 5.74) is 3.62. The summed E-state index contributed by atoms with van der Waals surface area (Å²) in [4.78, 5) is 27.3. The van der Waals surface area contributed by atoms with Crippen LogP contribution in [0, 0.1) is 6.92 Å². The summed E-state index contributed by atoms with van der Waals surface area (Å²) < 4.78 is 7.90. The highest BCUT2D eigenvalue weighted by atomic mass is 16.4. The van der Waals surface area contributed by atoms with E-state index in [-0.39, 0.29) is 5.91 Å². The maximum atomic E-state index is 12.6. The van der Waals surface area contributed by atoms with Crippen molar-refractivity contribution in [1.82, 2.24) is 29.7 Å². The number of piperidine rings is 1. The number of aryl methyl sites for hydroxylation is 1. The van der Waals surface area contributed by atoms with Crippen LogP contribution in [0.4, 0.5) is 5.95 Å². The van der Waals surface area contributed by atoms with Gasteiger partial charge < -0.3 is 29.5 Å². The zero-order valence-corrected chi connectivity index (χ0v) is 20.9. The highest BCUT2D eigenvalue weighted by Crippen LogP contribution is 2.24. The number of nitrogens with one attached hydrogen (secondary N) is 3. The number of amides is 1. The Hall–Kier alpha value is -4.11. The molecule has 0 atom stereocenters. The maximum absolute atomic E-state index is 12.6. The largest absolute Gasteiger partial charge is 0.444 e. The summed E-state index contributed by atoms with van der Waals surface area (Å²) in [6.45, 7) is 5.85. The van der Waals surface area contributed by atoms with Gasteiger partial charge >= 0.3 is 0 Å². The molecule has 190 valence electrons. The third-order valence-electron chi connectivity index (χ3n) is 7.05. The quantitative estimate of drug-likeness (QED) is 0.297. The lowest BCUT2D eigenvalue weighted by molar-refractivity contribution is 0.0942. The fraction of sp³-hybridized carbons (Fsp3) is 0.321. The number of aromatic amines is 1. The standard InChI is InChI=1S/C28H31N7O2/c1-19-30-17-22(37-19)18-35-26-9-5-4-8-24(26)33-28(35)31-21-10-13-34(14-11-21)15-12-29-27(36)25-16-20-6-2-3-7-23(20)32-25/h2-9,16-17,21,32H,10-15,18H2,1H3,(H,29,36)(H,31,33). The van der Waals surface area contributed by atoms with Gasteiger partial charge in [-0.3, -0.25) is 4.79 Å². The molecule has 0 radical (unpaired) electrons. The molecule has 1 saturated heterocycles. The number of likely N-dealkylation sites (tertiary alicyclic amines) is 1. The van der Waals surface area contributed by atoms with E-state index in [2.05, 4.69) is 36.1 Å². The monoisotopic (exact) mass is 497 g/mol. The first-order valence-corrected chi connectivity index (χ1v) is 12.8. The van der Waals surface area contributed by atoms with Crippen LogP contribution in [0.25, 0.3) is 21.9 Å². The van der Waals surface area contributed by atoms with Crippen molar-refractivity contribution in [2.24, 2.45) is 0 Å². The molecular formula is C28H31N7O2. The second-order valence-electron chi connectivity index (χ2n) is 9.64. The second-order valence-corrected chi connectivity index (χ2v) is 9.64. The zero-order chi connectivity index (χ0) is 25.2. The number of aromatic nitrogens is 4. The molecule has 9 heteroatoms. The summed E-state index contributed by atoms with van der Waals surface area (Å²) in [5.74, 6) is 2.28. The van der Waals surface area contributed by atoms with Crippen molar-refractivity contribution < 1.29 is 9.21 Å². The van der Waals surface area contributed by atoms with Crippen LogP contribution in [0.2, 0.25) is 0 Å². The number of anilines is 1. The number of carbonyl (C=O) groups excluding carboxylic acids is 1. The van der Waals surface area contributed by atoms with Crippen molar-refractivity contribution in [3.05, 3.63) is 78.1 Å². The van der Waals surface area contributed by atoms with Gasteiger partial charge in [-0.05, 0) is 37.1 Å². The molecule has 1 aliphatic rings. The lowest BCUT2D eigenvalue weighted by Crippen LogP contribution is -2.43. The van der Waals surface area contributed by atoms with Crippen LogP contribution in [0.1, 0.15) is 35.0 Å². The Labute approximate surface area is 214 Å². The molecule has 0 bridgehead atoms. The minimum atomic E-state index is -0.0615. The third-order valence-corrected chi connectivity index (χ3v) is 7.05. The Balaban J connectivity index is 1.02. The molecule has 37 heavy (non-hydrogen) atoms. The van der Waals surface area contributed by atoms with Crippen LogP contribution in [-0.2, 0) is 6.54 Å². The lowest BCUT2D eigenvalue weighted by Gasteiger charge is -2.32. The lowest BCUT2D eigenvalue weighted by atomic mass is 10.1. The van der Waals surface area contributed by atoms with Gasteiger partial charge in [-0.25, -0.2) is 9.97 Å². The fourth-order valence-electron chi connectivity index (χ4n) is 5.08. The molecule has 5 aromatic rings. The van der Waals surface area contributed by atoms with E-state index in [0.717, 1.165) is 66.1 Å². The van der Waals surface area contributed by atoms with Crippen molar-refractivity contribution in [3.63, 3.8) is 0 Å². The van der Waals surface area contributed by atoms with Crippen LogP contribution < -0.4 is 10.6 Å². The predicted molar refractivity (Wildman–Crippen MR) is 144 cm³/mol. The first-order valence-electron chi connectivity index (χ1n) is 12.8. The predicted octanol–water partition coefficient (Wildman–Crippen LogP) is 4.17. The number of benzene rings is 2. The van der Waals surface area contributed by atoms with Crippen molar-refractivity contribution in [2.75, 3.05) is 31.5 Å². The number of fused-ring (bicyclic) bond motifs is 2. The van der Waals surface area contributed by atoms with E-state index >= 15 is 0 Å². The summed E-state index contributed by atoms with van der Waals surface area (Å²) in [5, 5.41) is 7.78. The number of carbonyl (C=O) groups is 1. The SMILES string of the molecule is Cc1ncc(Cn2c(NC3CCN(CCNC(=O)c4cc5ccccc5[nH]4)CC3)nc3ccccc32)o1. The number of imidazole rings is 1. The molecule has 0 saturated carbocycles. The summed E-state index contributed by atoms with van der Waals surface area (Å²) >= 11 is 0. The van der Waals surface area contributed by atoms with Crippen LogP contribution in [0.3, 0.4) is 0 Å². The third kappa shape index (κ3) is 5.08. The molecule has 4 heterocycles. The molecule has 2 aromatic carbocycles. The van der Waals surface area contributed by atoms with Gasteiger partial charge in [0.2, 0.25) is 5.95 Å². The Morgan fingerprint density at radius 1 is 1.14 bits per heavy atom. The van der Waals surface area contributed by atoms with Crippen LogP contribution >= 0.6 is 0 Å². The van der Waals surface area contributed by atoms with Crippen molar-refractivity contribution in [2.45, 2.75) is 32.4 Å². The highest BCUT2D eigenvalue weighted by Gasteiger charge is 2.22. The molecule has 0 unspecified atom stereocenters. The number of H-pyrrole nitrogens is 1. The van der Waals surface area contributed by atoms with Gasteiger partial charge in [0, 0.05) is 50.0 Å². The number of para-hydroxylation sites is 3. The van der Waals surface area contributed by atoms with Crippen LogP contribution in [0.5, 0.6) is 0 Å². The van der Waals surface area contributed by atoms with Gasteiger partial charge in [0.05, 0.1) is 23.8 Å². The average Bonchev–Trinajstić information content (AvgIpc) is 3.62. The summed E-state index contributed by atoms with van der Waals surface area (Å²) in [6.07, 6.45) is 3.81. The topological polar surface area (TPSA) is 104 Å². The molecule has 9 nitrogen and oxygen atoms in total. The van der Waals surface area contributed by atoms with Gasteiger partial charge in [0.15, 0.2) is 5.89 Å². The van der Waals surface area contributed by atoms with E-state index in [1.165, 1.54) is 0 Å². The fourth-order valence-corrected chi connectivity index (χ4v) is 5.08. The molecule has 0 spiro atoms. The van der Waals surface area contributed by atoms with Crippen molar-refractivity contribution in [1.29, 1.82) is 0 Å². The van der Waals surface area contributed by atoms with E-state index in [1.54, 1.807) is 6.20 Å². The molecule has 3 aromatic heterocycles. The van der Waals surface area contributed by atoms with E-state index in [4.69, 9.17) is 9.40 Å². The molecule has 6 rings (SSSR count). The molecule has 1 amide bonds. The molecule has 0 aliphatic carbocycles. The van der Waals surface area contributed by atoms with E-state index in [0.29, 0.717) is 30.7 Å². The minimum Gasteiger partial charge on any atom is -0.444 e. The van der Waals surface area contributed by atoms with E-state index in [1.807, 2.05) is 55.5 Å². The highest BCUT2D eigenvalue weighted by molar-refractivity contribution is 5.97. The first kappa shape index (κ1) is 23.3. The number of hydrogen-bond donors (Lipinski definition) is 3. The first-order chi connectivity index (χ1) is 18.1. The molecule has 3 N–H and O–H groups in total. The van der Waals surface area contributed by atoms with Gasteiger partial charge in [0.25, 0.3) is 5.91 Å². The van der Waals surface area contributed by atoms with Crippen molar-refractivity contribution in [3.8, 4) is 0 Å². The van der Waals surface area contributed by atoms with Crippen LogP contribution in [-0.4, -0.2) is 62.5 Å². The normalized spacial score (nSPS) is 14.9. The number of oxazole rings is 1. The zero-order valence-electron chi connectivity index (χ0n) is 20.9. The minimum absolute atomic E-state index is 0.0615. The Bertz CT molecular complexity index is 1490. The maximum Gasteiger partial charge on any atom is 0.267 e. The Morgan fingerprint density at radius 2 is 1.95 bits per heavy atom. The van der Waals surface area contributed by atoms with Gasteiger partial charge in [0.1, 0.15) is 11.5 Å². The molecule has 1 fully saturated rings. The van der Waals surface area contributed by atoms with Gasteiger partial charge in [-0.15, -0.1) is 0 Å². The smallest absolute Gasteiger partial charge is 0.267 e. The molecule has 1 aliphatic heterocycles. The van der Waals surface area contributed by atoms with Crippen LogP contribution in [0.15, 0.2) is 65.2 Å². The average molecular weight is 498 g/mol. The second kappa shape index (κ2) is 10.1. The molecular weight excluding hydrogens is 466 g/mol. The Kier molecular flexibility index (Phi) is 6.36. The summed E-state index contributed by atoms with van der Waals surface area (Å²) in [6, 6.07) is 18.3. The Morgan fingerprint density at radius 3 is 2.76 bits per heavy atom. The number of nitrogens with zero attached hydrogens (tertiary/aromatic N) is 4. The van der Waals surface area contributed by atoms with E-state index < -0.39 is 0 Å². The van der Waals surface area contributed by atoms with Gasteiger partial charge in [-0.1, -0.05) is 30.3 Å². The van der Waals surface area contributed by atoms with Crippen molar-refractivity contribution >= 4 is 33.8 Å². The number of hydrogen-bond acceptors (Lipinski definition) is 6. The number of rotatable bonds is 8. The summed E-state index contributed by atoms with van der Waals surface area (Å²) in [7, 11) is 0. The van der Waals surface area contributed by atoms with E-state index in [9.17, 15) is 4.79 Å². The van der Waals surface area contributed by atoms with Gasteiger partial charge in [-0.2, -0.15) is 0 Å².